The van der Waals surface area contributed by atoms with Crippen LogP contribution >= 0.6 is 0 Å². The van der Waals surface area contributed by atoms with E-state index in [4.69, 9.17) is 0 Å². The van der Waals surface area contributed by atoms with Crippen LogP contribution in [0.4, 0.5) is 4.79 Å². The van der Waals surface area contributed by atoms with Crippen molar-refractivity contribution in [2.75, 3.05) is 20.6 Å². The first-order valence-corrected chi connectivity index (χ1v) is 6.73. The molecule has 1 saturated carbocycles. The molecule has 1 N–H and O–H groups in total. The summed E-state index contributed by atoms with van der Waals surface area (Å²) in [6, 6.07) is -0.436. The number of amides is 4. The molecule has 1 saturated heterocycles. The van der Waals surface area contributed by atoms with E-state index >= 15 is 0 Å². The molecule has 19 heavy (non-hydrogen) atoms. The summed E-state index contributed by atoms with van der Waals surface area (Å²) < 4.78 is 0. The molecule has 2 atom stereocenters. The Balaban J connectivity index is 2.18. The molecule has 1 heterocycles. The van der Waals surface area contributed by atoms with Gasteiger partial charge in [-0.05, 0) is 18.8 Å². The van der Waals surface area contributed by atoms with E-state index < -0.39 is 11.6 Å². The second-order valence-corrected chi connectivity index (χ2v) is 5.73. The number of hydrogen-bond donors (Lipinski definition) is 1. The molecule has 0 aromatic rings. The van der Waals surface area contributed by atoms with E-state index in [1.165, 1.54) is 4.90 Å². The third-order valence-corrected chi connectivity index (χ3v) is 4.29. The fraction of sp³-hybridized carbons (Fsp3) is 0.769. The number of rotatable bonds is 2. The quantitative estimate of drug-likeness (QED) is 0.744. The molecule has 0 aromatic carbocycles. The number of urea groups is 1. The van der Waals surface area contributed by atoms with E-state index in [9.17, 15) is 14.4 Å². The normalized spacial score (nSPS) is 30.7. The monoisotopic (exact) mass is 267 g/mol. The summed E-state index contributed by atoms with van der Waals surface area (Å²) in [6.45, 7) is 1.82. The molecule has 0 radical (unpaired) electrons. The van der Waals surface area contributed by atoms with Crippen LogP contribution in [-0.4, -0.2) is 53.8 Å². The van der Waals surface area contributed by atoms with Gasteiger partial charge >= 0.3 is 6.03 Å². The lowest BCUT2D eigenvalue weighted by molar-refractivity contribution is -0.139. The van der Waals surface area contributed by atoms with Crippen LogP contribution in [0.2, 0.25) is 0 Å². The Hall–Kier alpha value is -1.59. The van der Waals surface area contributed by atoms with Gasteiger partial charge in [0.2, 0.25) is 5.91 Å². The fourth-order valence-electron chi connectivity index (χ4n) is 2.92. The van der Waals surface area contributed by atoms with E-state index in [2.05, 4.69) is 5.32 Å². The van der Waals surface area contributed by atoms with Crippen molar-refractivity contribution in [2.45, 2.75) is 38.1 Å². The summed E-state index contributed by atoms with van der Waals surface area (Å²) in [6.07, 6.45) is 3.63. The van der Waals surface area contributed by atoms with E-state index in [0.29, 0.717) is 6.42 Å². The second kappa shape index (κ2) is 4.83. The van der Waals surface area contributed by atoms with Crippen molar-refractivity contribution in [2.24, 2.45) is 5.92 Å². The molecule has 0 aromatic heterocycles. The first kappa shape index (κ1) is 13.8. The lowest BCUT2D eigenvalue weighted by atomic mass is 9.73. The van der Waals surface area contributed by atoms with Crippen LogP contribution < -0.4 is 5.32 Å². The van der Waals surface area contributed by atoms with Crippen LogP contribution in [0.1, 0.15) is 32.6 Å². The average molecular weight is 267 g/mol. The topological polar surface area (TPSA) is 69.7 Å². The molecular formula is C13H21N3O3. The van der Waals surface area contributed by atoms with Crippen molar-refractivity contribution in [3.05, 3.63) is 0 Å². The van der Waals surface area contributed by atoms with Crippen LogP contribution in [0.25, 0.3) is 0 Å². The minimum atomic E-state index is -0.776. The maximum Gasteiger partial charge on any atom is 0.325 e. The zero-order chi connectivity index (χ0) is 14.2. The Morgan fingerprint density at radius 3 is 2.68 bits per heavy atom. The van der Waals surface area contributed by atoms with Crippen LogP contribution in [-0.2, 0) is 9.59 Å². The number of nitrogens with one attached hydrogen (secondary N) is 1. The molecule has 4 amide bonds. The first-order valence-electron chi connectivity index (χ1n) is 6.73. The third-order valence-electron chi connectivity index (χ3n) is 4.29. The summed E-state index contributed by atoms with van der Waals surface area (Å²) in [5, 5.41) is 2.83. The van der Waals surface area contributed by atoms with Crippen LogP contribution in [0.5, 0.6) is 0 Å². The SMILES string of the molecule is C[C@H]1CCCC[C@]12NC(=O)N(CC(=O)N(C)C)C2=O. The Bertz CT molecular complexity index is 421. The van der Waals surface area contributed by atoms with Gasteiger partial charge in [-0.1, -0.05) is 19.8 Å². The van der Waals surface area contributed by atoms with Crippen molar-refractivity contribution >= 4 is 17.8 Å². The number of nitrogens with zero attached hydrogens (tertiary/aromatic N) is 2. The first-order chi connectivity index (χ1) is 8.88. The predicted molar refractivity (Wildman–Crippen MR) is 69.3 cm³/mol. The zero-order valence-electron chi connectivity index (χ0n) is 11.7. The maximum absolute atomic E-state index is 12.5. The van der Waals surface area contributed by atoms with Crippen LogP contribution in [0.3, 0.4) is 0 Å². The van der Waals surface area contributed by atoms with E-state index in [1.807, 2.05) is 6.92 Å². The number of carbonyl (C=O) groups is 3. The molecule has 6 heteroatoms. The van der Waals surface area contributed by atoms with Crippen LogP contribution in [0.15, 0.2) is 0 Å². The molecular weight excluding hydrogens is 246 g/mol. The largest absolute Gasteiger partial charge is 0.347 e. The van der Waals surface area contributed by atoms with E-state index in [-0.39, 0.29) is 24.3 Å². The van der Waals surface area contributed by atoms with Crippen molar-refractivity contribution < 1.29 is 14.4 Å². The zero-order valence-corrected chi connectivity index (χ0v) is 11.7. The minimum Gasteiger partial charge on any atom is -0.347 e. The molecule has 1 spiro atoms. The Labute approximate surface area is 113 Å². The highest BCUT2D eigenvalue weighted by Crippen LogP contribution is 2.38. The molecule has 1 aliphatic heterocycles. The fourth-order valence-corrected chi connectivity index (χ4v) is 2.92. The molecule has 2 aliphatic rings. The lowest BCUT2D eigenvalue weighted by Gasteiger charge is -2.36. The van der Waals surface area contributed by atoms with Crippen molar-refractivity contribution in [1.82, 2.24) is 15.1 Å². The van der Waals surface area contributed by atoms with Gasteiger partial charge in [0, 0.05) is 14.1 Å². The molecule has 2 fully saturated rings. The maximum atomic E-state index is 12.5. The second-order valence-electron chi connectivity index (χ2n) is 5.73. The summed E-state index contributed by atoms with van der Waals surface area (Å²) >= 11 is 0. The van der Waals surface area contributed by atoms with Gasteiger partial charge in [0.25, 0.3) is 5.91 Å². The molecule has 2 rings (SSSR count). The van der Waals surface area contributed by atoms with Gasteiger partial charge in [-0.15, -0.1) is 0 Å². The summed E-state index contributed by atoms with van der Waals surface area (Å²) in [4.78, 5) is 38.7. The highest BCUT2D eigenvalue weighted by molar-refractivity contribution is 6.09. The minimum absolute atomic E-state index is 0.122. The number of likely N-dealkylation sites (N-methyl/N-ethyl adjacent to an activating group) is 1. The summed E-state index contributed by atoms with van der Waals surface area (Å²) in [5.74, 6) is -0.360. The van der Waals surface area contributed by atoms with Crippen LogP contribution in [0, 0.1) is 5.92 Å². The predicted octanol–water partition coefficient (Wildman–Crippen LogP) is 0.575. The summed E-state index contributed by atoms with van der Waals surface area (Å²) in [7, 11) is 3.22. The van der Waals surface area contributed by atoms with Crippen molar-refractivity contribution in [1.29, 1.82) is 0 Å². The van der Waals surface area contributed by atoms with Gasteiger partial charge < -0.3 is 10.2 Å². The number of carbonyl (C=O) groups excluding carboxylic acids is 3. The van der Waals surface area contributed by atoms with Gasteiger partial charge in [0.05, 0.1) is 0 Å². The van der Waals surface area contributed by atoms with Crippen molar-refractivity contribution in [3.63, 3.8) is 0 Å². The Morgan fingerprint density at radius 1 is 1.42 bits per heavy atom. The smallest absolute Gasteiger partial charge is 0.325 e. The Kier molecular flexibility index (Phi) is 3.52. The molecule has 106 valence electrons. The van der Waals surface area contributed by atoms with Gasteiger partial charge in [-0.25, -0.2) is 4.79 Å². The molecule has 0 bridgehead atoms. The highest BCUT2D eigenvalue weighted by atomic mass is 16.2. The Morgan fingerprint density at radius 2 is 2.11 bits per heavy atom. The average Bonchev–Trinajstić information content (AvgIpc) is 2.58. The number of hydrogen-bond acceptors (Lipinski definition) is 3. The van der Waals surface area contributed by atoms with Gasteiger partial charge in [0.1, 0.15) is 12.1 Å². The van der Waals surface area contributed by atoms with E-state index in [0.717, 1.165) is 24.2 Å². The van der Waals surface area contributed by atoms with Gasteiger partial charge in [-0.3, -0.25) is 14.5 Å². The van der Waals surface area contributed by atoms with Crippen molar-refractivity contribution in [3.8, 4) is 0 Å². The van der Waals surface area contributed by atoms with Gasteiger partial charge in [0.15, 0.2) is 0 Å². The molecule has 0 unspecified atom stereocenters. The third kappa shape index (κ3) is 2.19. The molecule has 1 aliphatic carbocycles. The summed E-state index contributed by atoms with van der Waals surface area (Å²) in [5.41, 5.74) is -0.776. The standard InChI is InChI=1S/C13H21N3O3/c1-9-6-4-5-7-13(9)11(18)16(12(19)14-13)8-10(17)15(2)3/h9H,4-8H2,1-3H3,(H,14,19)/t9-,13-/m0/s1. The molecule has 6 nitrogen and oxygen atoms in total. The van der Waals surface area contributed by atoms with E-state index in [1.54, 1.807) is 14.1 Å². The number of imide groups is 1. The lowest BCUT2D eigenvalue weighted by Crippen LogP contribution is -2.54. The van der Waals surface area contributed by atoms with Gasteiger partial charge in [-0.2, -0.15) is 0 Å². The highest BCUT2D eigenvalue weighted by Gasteiger charge is 2.55.